The molecule has 2 heteroatoms. The summed E-state index contributed by atoms with van der Waals surface area (Å²) in [6.45, 7) is 11.2. The summed E-state index contributed by atoms with van der Waals surface area (Å²) in [5, 5.41) is 0. The molecule has 0 amide bonds. The average Bonchev–Trinajstić information content (AvgIpc) is 2.45. The average molecular weight is 300 g/mol. The van der Waals surface area contributed by atoms with Crippen LogP contribution in [0.3, 0.4) is 0 Å². The van der Waals surface area contributed by atoms with Crippen LogP contribution in [-0.2, 0) is 0 Å². The van der Waals surface area contributed by atoms with E-state index in [4.69, 9.17) is 9.47 Å². The number of methoxy groups -OCH3 is 1. The maximum absolute atomic E-state index is 5.44. The fraction of sp³-hybridized carbons (Fsp3) is 0.400. The second-order valence-electron chi connectivity index (χ2n) is 5.60. The molecule has 0 spiro atoms. The summed E-state index contributed by atoms with van der Waals surface area (Å²) in [6.07, 6.45) is 1.06. The lowest BCUT2D eigenvalue weighted by Crippen LogP contribution is -1.94. The molecule has 0 saturated carbocycles. The Morgan fingerprint density at radius 1 is 0.864 bits per heavy atom. The number of ether oxygens (including phenoxy) is 2. The summed E-state index contributed by atoms with van der Waals surface area (Å²) in [5.41, 5.74) is 4.97. The molecule has 0 radical (unpaired) electrons. The third-order valence-electron chi connectivity index (χ3n) is 3.27. The summed E-state index contributed by atoms with van der Waals surface area (Å²) in [6, 6.07) is 12.4. The number of benzene rings is 2. The van der Waals surface area contributed by atoms with E-state index >= 15 is 0 Å². The Bertz CT molecular complexity index is 565. The highest BCUT2D eigenvalue weighted by Crippen LogP contribution is 2.23. The van der Waals surface area contributed by atoms with Gasteiger partial charge in [-0.25, -0.2) is 0 Å². The van der Waals surface area contributed by atoms with Gasteiger partial charge in [0.1, 0.15) is 11.5 Å². The van der Waals surface area contributed by atoms with E-state index in [9.17, 15) is 0 Å². The summed E-state index contributed by atoms with van der Waals surface area (Å²) in [5.74, 6) is 1.99. The first-order chi connectivity index (χ1) is 10.5. The Morgan fingerprint density at radius 3 is 2.00 bits per heavy atom. The molecular weight excluding hydrogens is 272 g/mol. The zero-order valence-electron chi connectivity index (χ0n) is 14.7. The second-order valence-corrected chi connectivity index (χ2v) is 5.60. The maximum Gasteiger partial charge on any atom is 0.124 e. The first-order valence-electron chi connectivity index (χ1n) is 7.79. The first-order valence-corrected chi connectivity index (χ1v) is 7.79. The van der Waals surface area contributed by atoms with Crippen LogP contribution in [0.2, 0.25) is 0 Å². The molecule has 0 N–H and O–H groups in total. The van der Waals surface area contributed by atoms with Crippen LogP contribution in [0.15, 0.2) is 36.4 Å². The Morgan fingerprint density at radius 2 is 1.50 bits per heavy atom. The van der Waals surface area contributed by atoms with Crippen molar-refractivity contribution in [3.05, 3.63) is 58.7 Å². The second kappa shape index (κ2) is 9.14. The van der Waals surface area contributed by atoms with E-state index in [0.29, 0.717) is 0 Å². The largest absolute Gasteiger partial charge is 0.496 e. The molecule has 2 rings (SSSR count). The van der Waals surface area contributed by atoms with Crippen molar-refractivity contribution in [2.75, 3.05) is 13.7 Å². The molecular formula is C20H28O2. The van der Waals surface area contributed by atoms with E-state index in [2.05, 4.69) is 58.9 Å². The van der Waals surface area contributed by atoms with E-state index in [1.165, 1.54) is 22.3 Å². The molecule has 2 aromatic carbocycles. The number of aryl methyl sites for hydroxylation is 4. The van der Waals surface area contributed by atoms with Gasteiger partial charge in [-0.3, -0.25) is 0 Å². The van der Waals surface area contributed by atoms with Crippen LogP contribution in [0.5, 0.6) is 11.5 Å². The molecule has 0 bridgehead atoms. The molecule has 0 fully saturated rings. The van der Waals surface area contributed by atoms with Crippen molar-refractivity contribution in [1.82, 2.24) is 0 Å². The third-order valence-corrected chi connectivity index (χ3v) is 3.27. The van der Waals surface area contributed by atoms with E-state index < -0.39 is 0 Å². The van der Waals surface area contributed by atoms with Crippen LogP contribution < -0.4 is 9.47 Å². The van der Waals surface area contributed by atoms with E-state index in [0.717, 1.165) is 24.5 Å². The van der Waals surface area contributed by atoms with Crippen LogP contribution in [0, 0.1) is 27.7 Å². The number of hydrogen-bond donors (Lipinski definition) is 0. The molecule has 2 nitrogen and oxygen atoms in total. The van der Waals surface area contributed by atoms with Gasteiger partial charge in [0.25, 0.3) is 0 Å². The molecule has 0 aliphatic carbocycles. The maximum atomic E-state index is 5.44. The number of rotatable bonds is 4. The van der Waals surface area contributed by atoms with E-state index in [1.807, 2.05) is 12.1 Å². The quantitative estimate of drug-likeness (QED) is 0.752. The summed E-state index contributed by atoms with van der Waals surface area (Å²) >= 11 is 0. The molecule has 22 heavy (non-hydrogen) atoms. The summed E-state index contributed by atoms with van der Waals surface area (Å²) < 4.78 is 10.7. The highest BCUT2D eigenvalue weighted by molar-refractivity contribution is 5.42. The van der Waals surface area contributed by atoms with Gasteiger partial charge in [-0.1, -0.05) is 36.8 Å². The molecule has 0 aliphatic rings. The van der Waals surface area contributed by atoms with Crippen LogP contribution in [-0.4, -0.2) is 13.7 Å². The third kappa shape index (κ3) is 5.80. The molecule has 120 valence electrons. The van der Waals surface area contributed by atoms with Crippen LogP contribution in [0.1, 0.15) is 35.6 Å². The zero-order chi connectivity index (χ0) is 16.5. The highest BCUT2D eigenvalue weighted by atomic mass is 16.5. The molecule has 0 aromatic heterocycles. The molecule has 0 heterocycles. The van der Waals surface area contributed by atoms with E-state index in [-0.39, 0.29) is 0 Å². The van der Waals surface area contributed by atoms with Gasteiger partial charge < -0.3 is 9.47 Å². The topological polar surface area (TPSA) is 18.5 Å². The standard InChI is InChI=1S/2C10H14O/c1-7-5-8(2)10(11-4)9(3)6-7;1-3-7-11-10-6-4-5-9(2)8-10/h5-6H,1-4H3;4-6,8H,3,7H2,1-2H3. The van der Waals surface area contributed by atoms with E-state index in [1.54, 1.807) is 7.11 Å². The lowest BCUT2D eigenvalue weighted by atomic mass is 10.1. The molecule has 2 aromatic rings. The van der Waals surface area contributed by atoms with Gasteiger partial charge in [0.2, 0.25) is 0 Å². The Hall–Kier alpha value is -1.96. The lowest BCUT2D eigenvalue weighted by Gasteiger charge is -2.08. The van der Waals surface area contributed by atoms with Gasteiger partial charge in [-0.05, 0) is 62.9 Å². The molecule has 0 saturated heterocycles. The van der Waals surface area contributed by atoms with Crippen molar-refractivity contribution in [2.45, 2.75) is 41.0 Å². The van der Waals surface area contributed by atoms with Crippen LogP contribution in [0.25, 0.3) is 0 Å². The van der Waals surface area contributed by atoms with Gasteiger partial charge in [-0.15, -0.1) is 0 Å². The predicted molar refractivity (Wildman–Crippen MR) is 94.2 cm³/mol. The molecule has 0 atom stereocenters. The monoisotopic (exact) mass is 300 g/mol. The minimum atomic E-state index is 0.809. The minimum absolute atomic E-state index is 0.809. The fourth-order valence-electron chi connectivity index (χ4n) is 2.41. The molecule has 0 aliphatic heterocycles. The van der Waals surface area contributed by atoms with Crippen molar-refractivity contribution >= 4 is 0 Å². The van der Waals surface area contributed by atoms with Crippen molar-refractivity contribution in [3.8, 4) is 11.5 Å². The molecule has 0 unspecified atom stereocenters. The Labute approximate surface area is 135 Å². The van der Waals surface area contributed by atoms with Gasteiger partial charge in [0.05, 0.1) is 13.7 Å². The fourth-order valence-corrected chi connectivity index (χ4v) is 2.41. The smallest absolute Gasteiger partial charge is 0.124 e. The van der Waals surface area contributed by atoms with Crippen LogP contribution in [0.4, 0.5) is 0 Å². The van der Waals surface area contributed by atoms with Gasteiger partial charge >= 0.3 is 0 Å². The normalized spacial score (nSPS) is 9.73. The van der Waals surface area contributed by atoms with Crippen molar-refractivity contribution in [3.63, 3.8) is 0 Å². The Kier molecular flexibility index (Phi) is 7.51. The minimum Gasteiger partial charge on any atom is -0.496 e. The summed E-state index contributed by atoms with van der Waals surface area (Å²) in [7, 11) is 1.71. The van der Waals surface area contributed by atoms with Crippen LogP contribution >= 0.6 is 0 Å². The van der Waals surface area contributed by atoms with Gasteiger partial charge in [0, 0.05) is 0 Å². The van der Waals surface area contributed by atoms with Gasteiger partial charge in [0.15, 0.2) is 0 Å². The lowest BCUT2D eigenvalue weighted by molar-refractivity contribution is 0.317. The zero-order valence-corrected chi connectivity index (χ0v) is 14.7. The predicted octanol–water partition coefficient (Wildman–Crippen LogP) is 5.40. The van der Waals surface area contributed by atoms with Crippen molar-refractivity contribution in [2.24, 2.45) is 0 Å². The highest BCUT2D eigenvalue weighted by Gasteiger charge is 2.01. The van der Waals surface area contributed by atoms with Gasteiger partial charge in [-0.2, -0.15) is 0 Å². The summed E-state index contributed by atoms with van der Waals surface area (Å²) in [4.78, 5) is 0. The van der Waals surface area contributed by atoms with Crippen molar-refractivity contribution < 1.29 is 9.47 Å². The Balaban J connectivity index is 0.000000220. The SMILES string of the molecule is CCCOc1cccc(C)c1.COc1c(C)cc(C)cc1C. The van der Waals surface area contributed by atoms with Crippen molar-refractivity contribution in [1.29, 1.82) is 0 Å². The first kappa shape index (κ1) is 18.1. The number of hydrogen-bond acceptors (Lipinski definition) is 2.